The van der Waals surface area contributed by atoms with E-state index < -0.39 is 9.84 Å². The number of hydrogen-bond donors (Lipinski definition) is 1. The minimum absolute atomic E-state index is 0.0616. The first-order valence-corrected chi connectivity index (χ1v) is 8.67. The van der Waals surface area contributed by atoms with Crippen molar-refractivity contribution in [1.29, 1.82) is 0 Å². The van der Waals surface area contributed by atoms with Crippen LogP contribution in [0.15, 0.2) is 29.2 Å². The summed E-state index contributed by atoms with van der Waals surface area (Å²) in [6, 6.07) is 6.53. The van der Waals surface area contributed by atoms with Gasteiger partial charge in [0.1, 0.15) is 0 Å². The summed E-state index contributed by atoms with van der Waals surface area (Å²) in [5.41, 5.74) is 5.78. The Kier molecular flexibility index (Phi) is 4.87. The minimum atomic E-state index is -3.33. The van der Waals surface area contributed by atoms with Gasteiger partial charge in [-0.1, -0.05) is 36.9 Å². The van der Waals surface area contributed by atoms with Gasteiger partial charge in [-0.05, 0) is 43.5 Å². The van der Waals surface area contributed by atoms with Gasteiger partial charge in [0.05, 0.1) is 10.1 Å². The molecule has 0 heterocycles. The fourth-order valence-electron chi connectivity index (χ4n) is 2.85. The summed E-state index contributed by atoms with van der Waals surface area (Å²) >= 11 is 5.90. The third kappa shape index (κ3) is 3.30. The Morgan fingerprint density at radius 3 is 2.63 bits per heavy atom. The molecule has 2 atom stereocenters. The molecule has 1 fully saturated rings. The molecule has 0 bridgehead atoms. The Bertz CT molecular complexity index is 530. The lowest BCUT2D eigenvalue weighted by atomic mass is 10.0. The lowest BCUT2D eigenvalue weighted by molar-refractivity contribution is 0.456. The predicted octanol–water partition coefficient (Wildman–Crippen LogP) is 3.02. The predicted molar refractivity (Wildman–Crippen MR) is 78.1 cm³/mol. The van der Waals surface area contributed by atoms with Crippen molar-refractivity contribution in [1.82, 2.24) is 0 Å². The first-order chi connectivity index (χ1) is 9.05. The maximum atomic E-state index is 12.7. The van der Waals surface area contributed by atoms with E-state index in [1.54, 1.807) is 18.2 Å². The van der Waals surface area contributed by atoms with Crippen LogP contribution in [0.3, 0.4) is 0 Å². The van der Waals surface area contributed by atoms with E-state index in [1.807, 2.05) is 0 Å². The summed E-state index contributed by atoms with van der Waals surface area (Å²) in [5.74, 6) is 0.0616. The second-order valence-electron chi connectivity index (χ2n) is 5.17. The van der Waals surface area contributed by atoms with Crippen LogP contribution in [-0.4, -0.2) is 20.2 Å². The second-order valence-corrected chi connectivity index (χ2v) is 7.78. The highest BCUT2D eigenvalue weighted by molar-refractivity contribution is 7.92. The number of benzene rings is 1. The summed E-state index contributed by atoms with van der Waals surface area (Å²) < 4.78 is 25.5. The number of halogens is 1. The van der Waals surface area contributed by atoms with Crippen molar-refractivity contribution in [3.05, 3.63) is 29.3 Å². The molecule has 0 saturated heterocycles. The van der Waals surface area contributed by atoms with Crippen molar-refractivity contribution in [2.24, 2.45) is 11.7 Å². The van der Waals surface area contributed by atoms with Gasteiger partial charge < -0.3 is 5.73 Å². The summed E-state index contributed by atoms with van der Waals surface area (Å²) in [5, 5.41) is 0.0949. The molecule has 106 valence electrons. The highest BCUT2D eigenvalue weighted by Crippen LogP contribution is 2.32. The summed E-state index contributed by atoms with van der Waals surface area (Å²) in [7, 11) is -3.33. The lowest BCUT2D eigenvalue weighted by Crippen LogP contribution is -2.34. The Labute approximate surface area is 120 Å². The van der Waals surface area contributed by atoms with Gasteiger partial charge in [0.15, 0.2) is 9.84 Å². The van der Waals surface area contributed by atoms with Gasteiger partial charge in [-0.25, -0.2) is 8.42 Å². The topological polar surface area (TPSA) is 60.2 Å². The van der Waals surface area contributed by atoms with Crippen LogP contribution in [0.4, 0.5) is 0 Å². The Balaban J connectivity index is 2.36. The molecule has 2 N–H and O–H groups in total. The van der Waals surface area contributed by atoms with Gasteiger partial charge in [-0.2, -0.15) is 0 Å². The number of hydrogen-bond acceptors (Lipinski definition) is 3. The average molecular weight is 302 g/mol. The van der Waals surface area contributed by atoms with E-state index in [-0.39, 0.29) is 11.2 Å². The molecule has 0 aromatic heterocycles. The van der Waals surface area contributed by atoms with Gasteiger partial charge in [0.2, 0.25) is 0 Å². The van der Waals surface area contributed by atoms with Crippen LogP contribution in [0, 0.1) is 5.92 Å². The molecule has 3 nitrogen and oxygen atoms in total. The Morgan fingerprint density at radius 2 is 1.95 bits per heavy atom. The van der Waals surface area contributed by atoms with E-state index in [4.69, 9.17) is 17.3 Å². The number of sulfone groups is 1. The average Bonchev–Trinajstić information content (AvgIpc) is 2.64. The molecular formula is C14H20ClNO2S. The van der Waals surface area contributed by atoms with Crippen molar-refractivity contribution in [3.8, 4) is 0 Å². The standard InChI is InChI=1S/C14H20ClNO2S/c15-12-6-4-7-13(9-12)19(17,18)14-8-3-1-2-5-11(14)10-16/h4,6-7,9,11,14H,1-3,5,8,10,16H2. The van der Waals surface area contributed by atoms with Crippen LogP contribution in [0.5, 0.6) is 0 Å². The number of rotatable bonds is 3. The van der Waals surface area contributed by atoms with E-state index in [9.17, 15) is 8.42 Å². The quantitative estimate of drug-likeness (QED) is 0.873. The van der Waals surface area contributed by atoms with Gasteiger partial charge in [-0.3, -0.25) is 0 Å². The fourth-order valence-corrected chi connectivity index (χ4v) is 5.24. The molecule has 0 spiro atoms. The van der Waals surface area contributed by atoms with Crippen molar-refractivity contribution in [2.45, 2.75) is 42.2 Å². The van der Waals surface area contributed by atoms with Gasteiger partial charge in [0.25, 0.3) is 0 Å². The Morgan fingerprint density at radius 1 is 1.21 bits per heavy atom. The van der Waals surface area contributed by atoms with Crippen LogP contribution in [0.1, 0.15) is 32.1 Å². The molecule has 1 aromatic rings. The van der Waals surface area contributed by atoms with E-state index in [0.29, 0.717) is 22.9 Å². The van der Waals surface area contributed by atoms with Crippen LogP contribution in [0.2, 0.25) is 5.02 Å². The molecular weight excluding hydrogens is 282 g/mol. The largest absolute Gasteiger partial charge is 0.330 e. The molecule has 2 unspecified atom stereocenters. The van der Waals surface area contributed by atoms with Crippen LogP contribution >= 0.6 is 11.6 Å². The monoisotopic (exact) mass is 301 g/mol. The van der Waals surface area contributed by atoms with E-state index in [2.05, 4.69) is 0 Å². The molecule has 0 radical (unpaired) electrons. The van der Waals surface area contributed by atoms with Gasteiger partial charge in [0, 0.05) is 5.02 Å². The third-order valence-corrected chi connectivity index (χ3v) is 6.48. The third-order valence-electron chi connectivity index (χ3n) is 3.92. The van der Waals surface area contributed by atoms with E-state index in [1.165, 1.54) is 6.07 Å². The molecule has 2 rings (SSSR count). The van der Waals surface area contributed by atoms with Crippen molar-refractivity contribution < 1.29 is 8.42 Å². The maximum Gasteiger partial charge on any atom is 0.181 e. The highest BCUT2D eigenvalue weighted by atomic mass is 35.5. The molecule has 1 aliphatic rings. The fraction of sp³-hybridized carbons (Fsp3) is 0.571. The molecule has 1 aromatic carbocycles. The van der Waals surface area contributed by atoms with Gasteiger partial charge in [-0.15, -0.1) is 0 Å². The molecule has 1 saturated carbocycles. The summed E-state index contributed by atoms with van der Waals surface area (Å²) in [4.78, 5) is 0.324. The molecule has 0 aliphatic heterocycles. The van der Waals surface area contributed by atoms with Gasteiger partial charge >= 0.3 is 0 Å². The molecule has 19 heavy (non-hydrogen) atoms. The zero-order chi connectivity index (χ0) is 13.9. The van der Waals surface area contributed by atoms with Crippen molar-refractivity contribution in [2.75, 3.05) is 6.54 Å². The van der Waals surface area contributed by atoms with Crippen LogP contribution in [0.25, 0.3) is 0 Å². The van der Waals surface area contributed by atoms with Crippen LogP contribution < -0.4 is 5.73 Å². The molecule has 5 heteroatoms. The Hall–Kier alpha value is -0.580. The first kappa shape index (κ1) is 14.8. The zero-order valence-corrected chi connectivity index (χ0v) is 12.5. The summed E-state index contributed by atoms with van der Waals surface area (Å²) in [6.45, 7) is 0.435. The normalized spacial score (nSPS) is 24.9. The highest BCUT2D eigenvalue weighted by Gasteiger charge is 2.34. The second kappa shape index (κ2) is 6.25. The van der Waals surface area contributed by atoms with Crippen molar-refractivity contribution >= 4 is 21.4 Å². The zero-order valence-electron chi connectivity index (χ0n) is 10.9. The molecule has 1 aliphatic carbocycles. The van der Waals surface area contributed by atoms with Crippen molar-refractivity contribution in [3.63, 3.8) is 0 Å². The molecule has 0 amide bonds. The van der Waals surface area contributed by atoms with Crippen LogP contribution in [-0.2, 0) is 9.84 Å². The number of nitrogens with two attached hydrogens (primary N) is 1. The van der Waals surface area contributed by atoms with E-state index in [0.717, 1.165) is 25.7 Å². The first-order valence-electron chi connectivity index (χ1n) is 6.75. The maximum absolute atomic E-state index is 12.7. The lowest BCUT2D eigenvalue weighted by Gasteiger charge is -2.23. The SMILES string of the molecule is NCC1CCCCCC1S(=O)(=O)c1cccc(Cl)c1. The summed E-state index contributed by atoms with van der Waals surface area (Å²) in [6.07, 6.45) is 4.74. The van der Waals surface area contributed by atoms with E-state index >= 15 is 0 Å². The minimum Gasteiger partial charge on any atom is -0.330 e. The smallest absolute Gasteiger partial charge is 0.181 e.